The number of nitrogens with one attached hydrogen (secondary N) is 1. The standard InChI is InChI=1S/C20H15N3O3/c1-25-17-5-3-2-4-15(17)19(24)22-14-6-7-16-18(12-14)26-20(23-16)13-8-10-21-11-9-13/h2-12H,1H3,(H,22,24). The zero-order valence-electron chi connectivity index (χ0n) is 14.0. The fourth-order valence-electron chi connectivity index (χ4n) is 2.65. The van der Waals surface area contributed by atoms with Gasteiger partial charge < -0.3 is 14.5 Å². The van der Waals surface area contributed by atoms with Crippen LogP contribution in [0.25, 0.3) is 22.6 Å². The van der Waals surface area contributed by atoms with Crippen LogP contribution < -0.4 is 10.1 Å². The minimum atomic E-state index is -0.254. The average Bonchev–Trinajstić information content (AvgIpc) is 3.12. The third-order valence-corrected chi connectivity index (χ3v) is 3.93. The molecule has 2 aromatic heterocycles. The number of methoxy groups -OCH3 is 1. The summed E-state index contributed by atoms with van der Waals surface area (Å²) < 4.78 is 11.0. The molecule has 2 heterocycles. The number of anilines is 1. The summed E-state index contributed by atoms with van der Waals surface area (Å²) in [6.45, 7) is 0. The highest BCUT2D eigenvalue weighted by molar-refractivity contribution is 6.06. The lowest BCUT2D eigenvalue weighted by molar-refractivity contribution is 0.102. The van der Waals surface area contributed by atoms with E-state index in [1.165, 1.54) is 7.11 Å². The highest BCUT2D eigenvalue weighted by atomic mass is 16.5. The summed E-state index contributed by atoms with van der Waals surface area (Å²) in [5.41, 5.74) is 3.23. The van der Waals surface area contributed by atoms with Crippen molar-refractivity contribution in [2.45, 2.75) is 0 Å². The van der Waals surface area contributed by atoms with Gasteiger partial charge in [0.2, 0.25) is 5.89 Å². The van der Waals surface area contributed by atoms with Gasteiger partial charge in [0.15, 0.2) is 5.58 Å². The van der Waals surface area contributed by atoms with E-state index in [9.17, 15) is 4.79 Å². The van der Waals surface area contributed by atoms with Gasteiger partial charge in [0, 0.05) is 29.7 Å². The summed E-state index contributed by atoms with van der Waals surface area (Å²) in [6.07, 6.45) is 3.37. The second-order valence-corrected chi connectivity index (χ2v) is 5.59. The predicted molar refractivity (Wildman–Crippen MR) is 98.2 cm³/mol. The minimum absolute atomic E-state index is 0.254. The summed E-state index contributed by atoms with van der Waals surface area (Å²) in [7, 11) is 1.54. The Morgan fingerprint density at radius 3 is 2.69 bits per heavy atom. The van der Waals surface area contributed by atoms with E-state index < -0.39 is 0 Å². The number of nitrogens with zero attached hydrogens (tertiary/aromatic N) is 2. The van der Waals surface area contributed by atoms with Gasteiger partial charge in [0.05, 0.1) is 12.7 Å². The number of carbonyl (C=O) groups excluding carboxylic acids is 1. The molecular weight excluding hydrogens is 330 g/mol. The van der Waals surface area contributed by atoms with Gasteiger partial charge in [-0.15, -0.1) is 0 Å². The summed E-state index contributed by atoms with van der Waals surface area (Å²) >= 11 is 0. The van der Waals surface area contributed by atoms with Crippen molar-refractivity contribution in [3.63, 3.8) is 0 Å². The minimum Gasteiger partial charge on any atom is -0.496 e. The summed E-state index contributed by atoms with van der Waals surface area (Å²) in [6, 6.07) is 16.1. The SMILES string of the molecule is COc1ccccc1C(=O)Nc1ccc2nc(-c3ccncc3)oc2c1. The molecule has 0 atom stereocenters. The first-order valence-electron chi connectivity index (χ1n) is 8.00. The molecule has 1 N–H and O–H groups in total. The second-order valence-electron chi connectivity index (χ2n) is 5.59. The van der Waals surface area contributed by atoms with E-state index in [0.29, 0.717) is 34.0 Å². The van der Waals surface area contributed by atoms with E-state index in [2.05, 4.69) is 15.3 Å². The molecule has 4 rings (SSSR count). The molecule has 0 aliphatic rings. The molecule has 0 unspecified atom stereocenters. The number of oxazole rings is 1. The van der Waals surface area contributed by atoms with Crippen molar-refractivity contribution in [3.8, 4) is 17.2 Å². The molecule has 0 fully saturated rings. The number of aromatic nitrogens is 2. The lowest BCUT2D eigenvalue weighted by Crippen LogP contribution is -2.12. The van der Waals surface area contributed by atoms with Crippen LogP contribution in [-0.4, -0.2) is 23.0 Å². The first-order chi connectivity index (χ1) is 12.7. The van der Waals surface area contributed by atoms with E-state index >= 15 is 0 Å². The number of amides is 1. The van der Waals surface area contributed by atoms with E-state index in [1.807, 2.05) is 18.2 Å². The van der Waals surface area contributed by atoms with Crippen LogP contribution in [0.1, 0.15) is 10.4 Å². The van der Waals surface area contributed by atoms with Crippen molar-refractivity contribution in [2.24, 2.45) is 0 Å². The first-order valence-corrected chi connectivity index (χ1v) is 8.00. The normalized spacial score (nSPS) is 10.7. The molecule has 6 nitrogen and oxygen atoms in total. The van der Waals surface area contributed by atoms with Gasteiger partial charge in [0.1, 0.15) is 11.3 Å². The molecule has 0 radical (unpaired) electrons. The molecule has 0 saturated carbocycles. The topological polar surface area (TPSA) is 77.2 Å². The van der Waals surface area contributed by atoms with Crippen LogP contribution in [0.4, 0.5) is 5.69 Å². The monoisotopic (exact) mass is 345 g/mol. The number of hydrogen-bond donors (Lipinski definition) is 1. The van der Waals surface area contributed by atoms with Crippen molar-refractivity contribution in [1.82, 2.24) is 9.97 Å². The van der Waals surface area contributed by atoms with Crippen molar-refractivity contribution < 1.29 is 13.9 Å². The van der Waals surface area contributed by atoms with E-state index in [1.54, 1.807) is 48.8 Å². The number of pyridine rings is 1. The molecular formula is C20H15N3O3. The number of ether oxygens (including phenoxy) is 1. The third kappa shape index (κ3) is 3.00. The Morgan fingerprint density at radius 1 is 1.08 bits per heavy atom. The summed E-state index contributed by atoms with van der Waals surface area (Å²) in [4.78, 5) is 21.0. The van der Waals surface area contributed by atoms with Gasteiger partial charge in [-0.25, -0.2) is 4.98 Å². The molecule has 0 aliphatic carbocycles. The van der Waals surface area contributed by atoms with Crippen LogP contribution in [0.5, 0.6) is 5.75 Å². The van der Waals surface area contributed by atoms with Gasteiger partial charge >= 0.3 is 0 Å². The van der Waals surface area contributed by atoms with Crippen molar-refractivity contribution in [2.75, 3.05) is 12.4 Å². The number of benzene rings is 2. The Hall–Kier alpha value is -3.67. The van der Waals surface area contributed by atoms with Crippen LogP contribution in [-0.2, 0) is 0 Å². The number of rotatable bonds is 4. The first kappa shape index (κ1) is 15.8. The lowest BCUT2D eigenvalue weighted by atomic mass is 10.2. The second kappa shape index (κ2) is 6.68. The van der Waals surface area contributed by atoms with Gasteiger partial charge in [0.25, 0.3) is 5.91 Å². The fraction of sp³-hybridized carbons (Fsp3) is 0.0500. The maximum absolute atomic E-state index is 12.5. The van der Waals surface area contributed by atoms with Crippen molar-refractivity contribution >= 4 is 22.7 Å². The number of para-hydroxylation sites is 1. The van der Waals surface area contributed by atoms with Gasteiger partial charge in [-0.05, 0) is 36.4 Å². The average molecular weight is 345 g/mol. The van der Waals surface area contributed by atoms with Crippen LogP contribution in [0.15, 0.2) is 71.4 Å². The molecule has 2 aromatic carbocycles. The Kier molecular flexibility index (Phi) is 4.07. The van der Waals surface area contributed by atoms with Crippen LogP contribution in [0.3, 0.4) is 0 Å². The Labute approximate surface area is 149 Å². The molecule has 128 valence electrons. The van der Waals surface area contributed by atoms with Crippen molar-refractivity contribution in [3.05, 3.63) is 72.6 Å². The quantitative estimate of drug-likeness (QED) is 0.601. The fourth-order valence-corrected chi connectivity index (χ4v) is 2.65. The third-order valence-electron chi connectivity index (χ3n) is 3.93. The number of hydrogen-bond acceptors (Lipinski definition) is 5. The smallest absolute Gasteiger partial charge is 0.259 e. The molecule has 26 heavy (non-hydrogen) atoms. The number of carbonyl (C=O) groups is 1. The van der Waals surface area contributed by atoms with E-state index in [-0.39, 0.29) is 5.91 Å². The molecule has 0 saturated heterocycles. The Bertz CT molecular complexity index is 1070. The number of fused-ring (bicyclic) bond motifs is 1. The lowest BCUT2D eigenvalue weighted by Gasteiger charge is -2.08. The molecule has 1 amide bonds. The molecule has 0 spiro atoms. The van der Waals surface area contributed by atoms with Gasteiger partial charge in [-0.2, -0.15) is 0 Å². The summed E-state index contributed by atoms with van der Waals surface area (Å²) in [5, 5.41) is 2.86. The molecule has 6 heteroatoms. The highest BCUT2D eigenvalue weighted by Crippen LogP contribution is 2.26. The Morgan fingerprint density at radius 2 is 1.88 bits per heavy atom. The highest BCUT2D eigenvalue weighted by Gasteiger charge is 2.13. The maximum atomic E-state index is 12.5. The largest absolute Gasteiger partial charge is 0.496 e. The molecule has 0 bridgehead atoms. The maximum Gasteiger partial charge on any atom is 0.259 e. The van der Waals surface area contributed by atoms with Gasteiger partial charge in [-0.3, -0.25) is 9.78 Å². The predicted octanol–water partition coefficient (Wildman–Crippen LogP) is 4.15. The van der Waals surface area contributed by atoms with Gasteiger partial charge in [-0.1, -0.05) is 12.1 Å². The van der Waals surface area contributed by atoms with Crippen LogP contribution >= 0.6 is 0 Å². The zero-order chi connectivity index (χ0) is 17.9. The van der Waals surface area contributed by atoms with E-state index in [4.69, 9.17) is 9.15 Å². The zero-order valence-corrected chi connectivity index (χ0v) is 14.0. The Balaban J connectivity index is 1.62. The van der Waals surface area contributed by atoms with E-state index in [0.717, 1.165) is 5.56 Å². The van der Waals surface area contributed by atoms with Crippen LogP contribution in [0.2, 0.25) is 0 Å². The van der Waals surface area contributed by atoms with Crippen molar-refractivity contribution in [1.29, 1.82) is 0 Å². The molecule has 4 aromatic rings. The molecule has 0 aliphatic heterocycles. The van der Waals surface area contributed by atoms with Crippen LogP contribution in [0, 0.1) is 0 Å². The summed E-state index contributed by atoms with van der Waals surface area (Å²) in [5.74, 6) is 0.775.